The lowest BCUT2D eigenvalue weighted by atomic mass is 9.80. The van der Waals surface area contributed by atoms with Crippen molar-refractivity contribution in [3.8, 4) is 22.8 Å². The minimum Gasteiger partial charge on any atom is -0.489 e. The number of pyridine rings is 1. The molecular weight excluding hydrogens is 600 g/mol. The summed E-state index contributed by atoms with van der Waals surface area (Å²) in [6, 6.07) is 14.8. The molecule has 0 saturated heterocycles. The van der Waals surface area contributed by atoms with Crippen LogP contribution in [-0.4, -0.2) is 55.3 Å². The maximum atomic E-state index is 16.0. The van der Waals surface area contributed by atoms with E-state index in [0.29, 0.717) is 29.3 Å². The molecule has 1 aliphatic rings. The molecule has 1 saturated carbocycles. The Kier molecular flexibility index (Phi) is 10.5. The van der Waals surface area contributed by atoms with Crippen molar-refractivity contribution in [1.82, 2.24) is 14.6 Å². The summed E-state index contributed by atoms with van der Waals surface area (Å²) in [5.41, 5.74) is 1.01. The van der Waals surface area contributed by atoms with Gasteiger partial charge in [-0.05, 0) is 87.8 Å². The molecule has 2 atom stereocenters. The Morgan fingerprint density at radius 3 is 2.38 bits per heavy atom. The van der Waals surface area contributed by atoms with Crippen molar-refractivity contribution < 1.29 is 31.5 Å². The molecule has 8 nitrogen and oxygen atoms in total. The summed E-state index contributed by atoms with van der Waals surface area (Å²) in [5.74, 6) is -1.75. The fourth-order valence-electron chi connectivity index (χ4n) is 5.86. The Hall–Kier alpha value is -3.57. The first kappa shape index (κ1) is 34.3. The van der Waals surface area contributed by atoms with Crippen LogP contribution in [0.2, 0.25) is 0 Å². The summed E-state index contributed by atoms with van der Waals surface area (Å²) in [7, 11) is -2.43. The Balaban J connectivity index is 1.62. The number of benzene rings is 2. The van der Waals surface area contributed by atoms with Crippen LogP contribution < -0.4 is 14.2 Å². The Labute approximate surface area is 265 Å². The van der Waals surface area contributed by atoms with Crippen LogP contribution in [0, 0.1) is 11.7 Å². The van der Waals surface area contributed by atoms with Crippen molar-refractivity contribution in [2.75, 3.05) is 13.4 Å². The fraction of sp³-hybridized carbons (Fsp3) is 0.471. The molecule has 1 N–H and O–H groups in total. The van der Waals surface area contributed by atoms with Gasteiger partial charge in [0.25, 0.3) is 5.91 Å². The maximum absolute atomic E-state index is 16.0. The quantitative estimate of drug-likeness (QED) is 0.217. The zero-order chi connectivity index (χ0) is 33.1. The van der Waals surface area contributed by atoms with Gasteiger partial charge in [-0.25, -0.2) is 22.2 Å². The molecule has 244 valence electrons. The lowest BCUT2D eigenvalue weighted by Crippen LogP contribution is -2.47. The number of carbonyl (C=O) groups excluding carboxylic acids is 1. The molecule has 0 radical (unpaired) electrons. The third kappa shape index (κ3) is 8.58. The van der Waals surface area contributed by atoms with E-state index in [2.05, 4.69) is 37.6 Å². The van der Waals surface area contributed by atoms with Gasteiger partial charge >= 0.3 is 0 Å². The minimum atomic E-state index is -3.92. The Morgan fingerprint density at radius 2 is 1.78 bits per heavy atom. The van der Waals surface area contributed by atoms with Gasteiger partial charge < -0.3 is 9.47 Å². The Bertz CT molecular complexity index is 1620. The second kappa shape index (κ2) is 13.8. The van der Waals surface area contributed by atoms with Gasteiger partial charge in [0.1, 0.15) is 18.2 Å². The molecule has 1 unspecified atom stereocenters. The molecule has 0 bridgehead atoms. The van der Waals surface area contributed by atoms with E-state index in [1.807, 2.05) is 18.2 Å². The molecule has 0 spiro atoms. The summed E-state index contributed by atoms with van der Waals surface area (Å²) < 4.78 is 67.6. The highest BCUT2D eigenvalue weighted by Crippen LogP contribution is 2.50. The second-order valence-corrected chi connectivity index (χ2v) is 14.3. The summed E-state index contributed by atoms with van der Waals surface area (Å²) in [4.78, 5) is 19.0. The zero-order valence-electron chi connectivity index (χ0n) is 26.9. The molecule has 1 aliphatic carbocycles. The molecule has 45 heavy (non-hydrogen) atoms. The molecule has 1 amide bonds. The van der Waals surface area contributed by atoms with E-state index >= 15 is 8.78 Å². The van der Waals surface area contributed by atoms with Crippen LogP contribution in [-0.2, 0) is 28.0 Å². The predicted molar refractivity (Wildman–Crippen MR) is 171 cm³/mol. The van der Waals surface area contributed by atoms with E-state index in [4.69, 9.17) is 9.47 Å². The average Bonchev–Trinajstić information content (AvgIpc) is 3.79. The number of nitrogens with one attached hydrogen (secondary N) is 1. The third-order valence-electron chi connectivity index (χ3n) is 8.20. The third-order valence-corrected chi connectivity index (χ3v) is 8.76. The molecule has 11 heteroatoms. The Morgan fingerprint density at radius 1 is 1.09 bits per heavy atom. The van der Waals surface area contributed by atoms with Crippen LogP contribution >= 0.6 is 0 Å². The molecule has 3 aromatic rings. The number of methoxy groups -OCH3 is 1. The topological polar surface area (TPSA) is 97.8 Å². The number of halogens is 2. The van der Waals surface area contributed by atoms with Crippen molar-refractivity contribution in [1.29, 1.82) is 0 Å². The summed E-state index contributed by atoms with van der Waals surface area (Å²) in [6.45, 7) is 10.4. The van der Waals surface area contributed by atoms with E-state index in [-0.39, 0.29) is 24.6 Å². The van der Waals surface area contributed by atoms with Crippen LogP contribution in [0.5, 0.6) is 11.6 Å². The summed E-state index contributed by atoms with van der Waals surface area (Å²) in [6.07, 6.45) is 3.47. The van der Waals surface area contributed by atoms with Crippen molar-refractivity contribution in [3.63, 3.8) is 0 Å². The van der Waals surface area contributed by atoms with Gasteiger partial charge in [0, 0.05) is 36.2 Å². The predicted octanol–water partition coefficient (Wildman–Crippen LogP) is 6.39. The monoisotopic (exact) mass is 643 g/mol. The number of aromatic nitrogens is 1. The number of alkyl halides is 1. The summed E-state index contributed by atoms with van der Waals surface area (Å²) >= 11 is 0. The highest BCUT2D eigenvalue weighted by atomic mass is 32.2. The molecular formula is C34H43F2N3O5S. The van der Waals surface area contributed by atoms with Crippen molar-refractivity contribution in [3.05, 3.63) is 77.2 Å². The first-order valence-electron chi connectivity index (χ1n) is 15.1. The minimum absolute atomic E-state index is 0.0901. The second-order valence-electron chi connectivity index (χ2n) is 12.5. The number of hydrogen-bond donors (Lipinski definition) is 1. The molecule has 0 aliphatic heterocycles. The molecule has 1 aromatic heterocycles. The number of hydrogen-bond acceptors (Lipinski definition) is 7. The molecule has 1 heterocycles. The fourth-order valence-corrected chi connectivity index (χ4v) is 6.39. The van der Waals surface area contributed by atoms with Crippen LogP contribution in [0.25, 0.3) is 11.1 Å². The van der Waals surface area contributed by atoms with Gasteiger partial charge in [0.2, 0.25) is 15.9 Å². The largest absolute Gasteiger partial charge is 0.489 e. The van der Waals surface area contributed by atoms with Gasteiger partial charge in [-0.1, -0.05) is 30.3 Å². The van der Waals surface area contributed by atoms with E-state index < -0.39 is 33.3 Å². The lowest BCUT2D eigenvalue weighted by molar-refractivity contribution is -0.131. The molecule has 4 rings (SSSR count). The first-order valence-corrected chi connectivity index (χ1v) is 17.0. The maximum Gasteiger partial charge on any atom is 0.271 e. The highest BCUT2D eigenvalue weighted by Gasteiger charge is 2.50. The van der Waals surface area contributed by atoms with Gasteiger partial charge in [0.15, 0.2) is 5.67 Å². The number of amides is 1. The standard InChI is InChI=1S/C34H43F2N3O5S/c1-21(2)39(22(3)4)19-26-15-23(11-14-28(26)29-17-31(43-6)37-18-30(29)35)20-44-27-10-8-9-25(16-27)32(24-12-13-24)34(5,36)33(40)38-45(7,41)42/h8-11,14-18,21-22,24,32H,12-13,19-20H2,1-7H3,(H,38,40)/t32-,34?/m0/s1. The molecule has 1 fully saturated rings. The zero-order valence-corrected chi connectivity index (χ0v) is 27.8. The van der Waals surface area contributed by atoms with E-state index in [9.17, 15) is 13.2 Å². The van der Waals surface area contributed by atoms with Gasteiger partial charge in [-0.15, -0.1) is 0 Å². The van der Waals surface area contributed by atoms with Gasteiger partial charge in [-0.3, -0.25) is 14.4 Å². The van der Waals surface area contributed by atoms with Crippen molar-refractivity contribution >= 4 is 15.9 Å². The van der Waals surface area contributed by atoms with Gasteiger partial charge in [-0.2, -0.15) is 0 Å². The number of sulfonamides is 1. The van der Waals surface area contributed by atoms with E-state index in [1.165, 1.54) is 7.11 Å². The normalized spacial score (nSPS) is 15.6. The lowest BCUT2D eigenvalue weighted by Gasteiger charge is -2.31. The SMILES string of the molecule is COc1cc(-c2ccc(COc3cccc([C@H](C4CC4)C(C)(F)C(=O)NS(C)(=O)=O)c3)cc2CN(C(C)C)C(C)C)c(F)cn1. The molecule has 2 aromatic carbocycles. The number of carbonyl (C=O) groups is 1. The van der Waals surface area contributed by atoms with Crippen LogP contribution in [0.15, 0.2) is 54.7 Å². The van der Waals surface area contributed by atoms with Crippen molar-refractivity contribution in [2.24, 2.45) is 5.92 Å². The van der Waals surface area contributed by atoms with E-state index in [0.717, 1.165) is 48.9 Å². The van der Waals surface area contributed by atoms with Crippen LogP contribution in [0.4, 0.5) is 8.78 Å². The van der Waals surface area contributed by atoms with Crippen LogP contribution in [0.1, 0.15) is 70.1 Å². The van der Waals surface area contributed by atoms with E-state index in [1.54, 1.807) is 35.1 Å². The average molecular weight is 644 g/mol. The number of nitrogens with zero attached hydrogens (tertiary/aromatic N) is 2. The summed E-state index contributed by atoms with van der Waals surface area (Å²) in [5, 5.41) is 0. The first-order chi connectivity index (χ1) is 21.1. The highest BCUT2D eigenvalue weighted by molar-refractivity contribution is 7.89. The number of rotatable bonds is 14. The van der Waals surface area contributed by atoms with Crippen molar-refractivity contribution in [2.45, 2.75) is 84.3 Å². The smallest absolute Gasteiger partial charge is 0.271 e. The number of ether oxygens (including phenoxy) is 2. The van der Waals surface area contributed by atoms with Crippen LogP contribution in [0.3, 0.4) is 0 Å². The van der Waals surface area contributed by atoms with Gasteiger partial charge in [0.05, 0.1) is 19.6 Å².